The summed E-state index contributed by atoms with van der Waals surface area (Å²) in [6.07, 6.45) is 4.34. The lowest BCUT2D eigenvalue weighted by atomic mass is 9.62. The van der Waals surface area contributed by atoms with E-state index in [0.717, 1.165) is 30.2 Å². The summed E-state index contributed by atoms with van der Waals surface area (Å²) in [5.41, 5.74) is 5.66. The predicted molar refractivity (Wildman–Crippen MR) is 120 cm³/mol. The van der Waals surface area contributed by atoms with Crippen molar-refractivity contribution in [1.29, 1.82) is 0 Å². The van der Waals surface area contributed by atoms with Crippen LogP contribution in [0, 0.1) is 10.8 Å². The van der Waals surface area contributed by atoms with E-state index in [-0.39, 0.29) is 16.6 Å². The maximum Gasteiger partial charge on any atom is 0.229 e. The highest BCUT2D eigenvalue weighted by molar-refractivity contribution is 7.92. The number of sulfonamides is 1. The average Bonchev–Trinajstić information content (AvgIpc) is 2.54. The topological polar surface area (TPSA) is 66.4 Å². The first-order valence-corrected chi connectivity index (χ1v) is 11.8. The van der Waals surface area contributed by atoms with Crippen molar-refractivity contribution in [2.75, 3.05) is 11.0 Å². The van der Waals surface area contributed by atoms with Crippen LogP contribution < -0.4 is 4.72 Å². The van der Waals surface area contributed by atoms with Gasteiger partial charge >= 0.3 is 0 Å². The van der Waals surface area contributed by atoms with E-state index in [1.165, 1.54) is 17.6 Å². The SMILES string of the molecule is CC1(C)CC(=C(c2ccc(O)cc2)c2ccc(NS(C)(=O)=O)cc2)CC(C)(C)C1. The maximum absolute atomic E-state index is 11.5. The van der Waals surface area contributed by atoms with Crippen LogP contribution in [0.2, 0.25) is 0 Å². The molecule has 1 fully saturated rings. The lowest BCUT2D eigenvalue weighted by Gasteiger charge is -2.43. The van der Waals surface area contributed by atoms with Crippen molar-refractivity contribution in [3.63, 3.8) is 0 Å². The third-order valence-corrected chi connectivity index (χ3v) is 5.93. The number of nitrogens with one attached hydrogen (secondary N) is 1. The summed E-state index contributed by atoms with van der Waals surface area (Å²) in [4.78, 5) is 0. The van der Waals surface area contributed by atoms with Gasteiger partial charge in [-0.05, 0) is 71.1 Å². The Morgan fingerprint density at radius 3 is 1.76 bits per heavy atom. The Kier molecular flexibility index (Phi) is 5.56. The van der Waals surface area contributed by atoms with Crippen molar-refractivity contribution >= 4 is 21.3 Å². The van der Waals surface area contributed by atoms with Gasteiger partial charge < -0.3 is 5.11 Å². The Hall–Kier alpha value is -2.27. The number of rotatable bonds is 4. The van der Waals surface area contributed by atoms with E-state index in [0.29, 0.717) is 5.69 Å². The van der Waals surface area contributed by atoms with Crippen molar-refractivity contribution in [1.82, 2.24) is 0 Å². The zero-order valence-electron chi connectivity index (χ0n) is 17.9. The highest BCUT2D eigenvalue weighted by Crippen LogP contribution is 2.50. The van der Waals surface area contributed by atoms with Gasteiger partial charge in [0, 0.05) is 5.69 Å². The lowest BCUT2D eigenvalue weighted by molar-refractivity contribution is 0.154. The van der Waals surface area contributed by atoms with Gasteiger partial charge in [-0.15, -0.1) is 0 Å². The van der Waals surface area contributed by atoms with Crippen LogP contribution in [0.25, 0.3) is 5.57 Å². The minimum absolute atomic E-state index is 0.205. The first-order valence-electron chi connectivity index (χ1n) is 9.93. The molecule has 2 aromatic rings. The van der Waals surface area contributed by atoms with Gasteiger partial charge in [-0.25, -0.2) is 8.42 Å². The predicted octanol–water partition coefficient (Wildman–Crippen LogP) is 5.80. The first-order chi connectivity index (χ1) is 13.3. The quantitative estimate of drug-likeness (QED) is 0.665. The van der Waals surface area contributed by atoms with Crippen LogP contribution in [0.15, 0.2) is 54.1 Å². The molecule has 0 atom stereocenters. The molecule has 0 bridgehead atoms. The molecule has 156 valence electrons. The number of phenols is 1. The van der Waals surface area contributed by atoms with E-state index in [1.807, 2.05) is 24.3 Å². The number of aromatic hydroxyl groups is 1. The molecule has 0 aliphatic heterocycles. The molecule has 0 saturated heterocycles. The van der Waals surface area contributed by atoms with Crippen LogP contribution in [-0.2, 0) is 10.0 Å². The van der Waals surface area contributed by atoms with Gasteiger partial charge in [0.15, 0.2) is 0 Å². The number of hydrogen-bond acceptors (Lipinski definition) is 3. The third kappa shape index (κ3) is 5.63. The minimum Gasteiger partial charge on any atom is -0.508 e. The molecule has 29 heavy (non-hydrogen) atoms. The second kappa shape index (κ2) is 7.52. The van der Waals surface area contributed by atoms with E-state index in [4.69, 9.17) is 0 Å². The molecule has 0 radical (unpaired) electrons. The fraction of sp³-hybridized carbons (Fsp3) is 0.417. The molecule has 0 spiro atoms. The Bertz CT molecular complexity index is 997. The average molecular weight is 414 g/mol. The van der Waals surface area contributed by atoms with Gasteiger partial charge in [0.05, 0.1) is 6.26 Å². The lowest BCUT2D eigenvalue weighted by Crippen LogP contribution is -2.30. The summed E-state index contributed by atoms with van der Waals surface area (Å²) < 4.78 is 25.6. The van der Waals surface area contributed by atoms with Crippen LogP contribution in [0.4, 0.5) is 5.69 Å². The fourth-order valence-electron chi connectivity index (χ4n) is 4.94. The summed E-state index contributed by atoms with van der Waals surface area (Å²) in [5, 5.41) is 9.75. The van der Waals surface area contributed by atoms with E-state index in [9.17, 15) is 13.5 Å². The van der Waals surface area contributed by atoms with Crippen LogP contribution in [0.3, 0.4) is 0 Å². The Morgan fingerprint density at radius 1 is 0.862 bits per heavy atom. The highest BCUT2D eigenvalue weighted by Gasteiger charge is 2.37. The highest BCUT2D eigenvalue weighted by atomic mass is 32.2. The molecule has 0 unspecified atom stereocenters. The Balaban J connectivity index is 2.13. The van der Waals surface area contributed by atoms with Gasteiger partial charge in [0.1, 0.15) is 5.75 Å². The second-order valence-corrected chi connectivity index (χ2v) is 11.6. The number of anilines is 1. The molecule has 2 aromatic carbocycles. The summed E-state index contributed by atoms with van der Waals surface area (Å²) in [7, 11) is -3.31. The molecule has 3 rings (SSSR count). The number of benzene rings is 2. The summed E-state index contributed by atoms with van der Waals surface area (Å²) in [5.74, 6) is 0.245. The van der Waals surface area contributed by atoms with Gasteiger partial charge in [-0.1, -0.05) is 57.5 Å². The molecular formula is C24H31NO3S. The third-order valence-electron chi connectivity index (χ3n) is 5.33. The Labute approximate surface area is 174 Å². The smallest absolute Gasteiger partial charge is 0.229 e. The molecule has 0 aromatic heterocycles. The maximum atomic E-state index is 11.5. The van der Waals surface area contributed by atoms with Crippen molar-refractivity contribution < 1.29 is 13.5 Å². The van der Waals surface area contributed by atoms with Crippen molar-refractivity contribution in [2.24, 2.45) is 10.8 Å². The van der Waals surface area contributed by atoms with Gasteiger partial charge in [-0.2, -0.15) is 0 Å². The van der Waals surface area contributed by atoms with Crippen molar-refractivity contribution in [3.05, 3.63) is 65.2 Å². The standard InChI is InChI=1S/C24H31NO3S/c1-23(2)14-19(15-24(3,4)16-23)22(18-8-12-21(26)13-9-18)17-6-10-20(11-7-17)25-29(5,27)28/h6-13,25-26H,14-16H2,1-5H3. The number of phenolic OH excluding ortho intramolecular Hbond substituents is 1. The molecule has 2 N–H and O–H groups in total. The van der Waals surface area contributed by atoms with E-state index in [1.54, 1.807) is 24.3 Å². The zero-order valence-corrected chi connectivity index (χ0v) is 18.7. The molecule has 4 nitrogen and oxygen atoms in total. The zero-order chi connectivity index (χ0) is 21.4. The Morgan fingerprint density at radius 2 is 1.31 bits per heavy atom. The normalized spacial score (nSPS) is 18.3. The van der Waals surface area contributed by atoms with Crippen molar-refractivity contribution in [2.45, 2.75) is 47.0 Å². The summed E-state index contributed by atoms with van der Waals surface area (Å²) >= 11 is 0. The first kappa shape index (κ1) is 21.4. The van der Waals surface area contributed by atoms with E-state index < -0.39 is 10.0 Å². The number of allylic oxidation sites excluding steroid dienone is 1. The van der Waals surface area contributed by atoms with Crippen LogP contribution in [-0.4, -0.2) is 19.8 Å². The second-order valence-electron chi connectivity index (χ2n) is 9.84. The van der Waals surface area contributed by atoms with Crippen LogP contribution in [0.1, 0.15) is 58.1 Å². The van der Waals surface area contributed by atoms with E-state index in [2.05, 4.69) is 32.4 Å². The molecule has 0 amide bonds. The molecule has 1 saturated carbocycles. The monoisotopic (exact) mass is 413 g/mol. The van der Waals surface area contributed by atoms with Crippen LogP contribution in [0.5, 0.6) is 5.75 Å². The molecule has 1 aliphatic rings. The molecular weight excluding hydrogens is 382 g/mol. The van der Waals surface area contributed by atoms with Gasteiger partial charge in [0.25, 0.3) is 0 Å². The largest absolute Gasteiger partial charge is 0.508 e. The number of hydrogen-bond donors (Lipinski definition) is 2. The van der Waals surface area contributed by atoms with Crippen molar-refractivity contribution in [3.8, 4) is 5.75 Å². The summed E-state index contributed by atoms with van der Waals surface area (Å²) in [6.45, 7) is 9.28. The molecule has 1 aliphatic carbocycles. The van der Waals surface area contributed by atoms with Gasteiger partial charge in [0.2, 0.25) is 10.0 Å². The summed E-state index contributed by atoms with van der Waals surface area (Å²) in [6, 6.07) is 14.9. The molecule has 5 heteroatoms. The van der Waals surface area contributed by atoms with Gasteiger partial charge in [-0.3, -0.25) is 4.72 Å². The minimum atomic E-state index is -3.31. The van der Waals surface area contributed by atoms with Crippen LogP contribution >= 0.6 is 0 Å². The molecule has 0 heterocycles. The van der Waals surface area contributed by atoms with E-state index >= 15 is 0 Å². The fourth-order valence-corrected chi connectivity index (χ4v) is 5.50.